The molecule has 3 aromatic rings. The molecule has 2 heterocycles. The van der Waals surface area contributed by atoms with Crippen LogP contribution in [0.25, 0.3) is 0 Å². The average molecular weight is 401 g/mol. The number of aromatic nitrogens is 1. The van der Waals surface area contributed by atoms with Gasteiger partial charge in [0.1, 0.15) is 5.25 Å². The van der Waals surface area contributed by atoms with E-state index < -0.39 is 15.1 Å². The van der Waals surface area contributed by atoms with Crippen LogP contribution in [0.15, 0.2) is 65.1 Å². The number of rotatable bonds is 6. The summed E-state index contributed by atoms with van der Waals surface area (Å²) in [5.41, 5.74) is 2.02. The maximum Gasteiger partial charge on any atom is 0.251 e. The van der Waals surface area contributed by atoms with E-state index in [1.165, 1.54) is 23.7 Å². The zero-order valence-corrected chi connectivity index (χ0v) is 16.7. The Bertz CT molecular complexity index is 1030. The summed E-state index contributed by atoms with van der Waals surface area (Å²) in [6, 6.07) is 12.2. The number of amides is 1. The molecule has 0 radical (unpaired) electrons. The van der Waals surface area contributed by atoms with Gasteiger partial charge in [0.25, 0.3) is 5.91 Å². The number of aryl methyl sites for hydroxylation is 2. The van der Waals surface area contributed by atoms with Crippen LogP contribution >= 0.6 is 11.3 Å². The number of nitrogens with zero attached hydrogens (tertiary/aromatic N) is 1. The molecule has 0 fully saturated rings. The van der Waals surface area contributed by atoms with Crippen molar-refractivity contribution in [3.63, 3.8) is 0 Å². The Morgan fingerprint density at radius 2 is 1.89 bits per heavy atom. The summed E-state index contributed by atoms with van der Waals surface area (Å²) < 4.78 is 26.8. The first-order valence-electron chi connectivity index (χ1n) is 8.42. The van der Waals surface area contributed by atoms with Crippen molar-refractivity contribution in [2.24, 2.45) is 0 Å². The molecule has 3 rings (SSSR count). The zero-order valence-electron chi connectivity index (χ0n) is 15.0. The molecule has 1 N–H and O–H groups in total. The highest BCUT2D eigenvalue weighted by Gasteiger charge is 2.31. The summed E-state index contributed by atoms with van der Waals surface area (Å²) in [4.78, 5) is 17.3. The van der Waals surface area contributed by atoms with E-state index in [1.807, 2.05) is 30.5 Å². The third kappa shape index (κ3) is 4.26. The minimum Gasteiger partial charge on any atom is -0.350 e. The van der Waals surface area contributed by atoms with Crippen molar-refractivity contribution in [2.45, 2.75) is 24.0 Å². The van der Waals surface area contributed by atoms with E-state index >= 15 is 0 Å². The van der Waals surface area contributed by atoms with Gasteiger partial charge in [0.05, 0.1) is 4.90 Å². The van der Waals surface area contributed by atoms with Gasteiger partial charge in [-0.1, -0.05) is 18.2 Å². The Hall–Kier alpha value is -2.51. The van der Waals surface area contributed by atoms with Crippen LogP contribution in [0.4, 0.5) is 0 Å². The Balaban J connectivity index is 1.92. The third-order valence-electron chi connectivity index (χ3n) is 4.28. The molecule has 27 heavy (non-hydrogen) atoms. The van der Waals surface area contributed by atoms with Crippen LogP contribution in [0, 0.1) is 13.8 Å². The van der Waals surface area contributed by atoms with Gasteiger partial charge < -0.3 is 5.32 Å². The van der Waals surface area contributed by atoms with Gasteiger partial charge in [-0.05, 0) is 54.6 Å². The highest BCUT2D eigenvalue weighted by molar-refractivity contribution is 7.92. The number of benzene rings is 1. The summed E-state index contributed by atoms with van der Waals surface area (Å²) in [5.74, 6) is -0.324. The van der Waals surface area contributed by atoms with Crippen molar-refractivity contribution in [3.05, 3.63) is 81.8 Å². The summed E-state index contributed by atoms with van der Waals surface area (Å²) in [6.45, 7) is 3.65. The number of hydrogen-bond donors (Lipinski definition) is 1. The largest absolute Gasteiger partial charge is 0.350 e. The Morgan fingerprint density at radius 1 is 1.15 bits per heavy atom. The number of carbonyl (C=O) groups excluding carboxylic acids is 1. The van der Waals surface area contributed by atoms with Crippen molar-refractivity contribution in [2.75, 3.05) is 6.54 Å². The van der Waals surface area contributed by atoms with E-state index in [0.717, 1.165) is 5.56 Å². The molecule has 0 saturated heterocycles. The number of carbonyl (C=O) groups is 1. The Kier molecular flexibility index (Phi) is 5.72. The molecule has 2 aromatic heterocycles. The highest BCUT2D eigenvalue weighted by atomic mass is 32.2. The molecule has 0 unspecified atom stereocenters. The molecular weight excluding hydrogens is 380 g/mol. The molecule has 0 aliphatic rings. The van der Waals surface area contributed by atoms with E-state index in [4.69, 9.17) is 0 Å². The van der Waals surface area contributed by atoms with Crippen LogP contribution in [-0.2, 0) is 9.84 Å². The molecule has 140 valence electrons. The minimum absolute atomic E-state index is 0.00259. The third-order valence-corrected chi connectivity index (χ3v) is 7.63. The molecule has 7 heteroatoms. The molecular formula is C20H20N2O3S2. The lowest BCUT2D eigenvalue weighted by molar-refractivity contribution is 0.0953. The molecule has 0 saturated carbocycles. The van der Waals surface area contributed by atoms with Crippen LogP contribution in [0.5, 0.6) is 0 Å². The number of nitrogens with one attached hydrogen (secondary N) is 1. The number of sulfone groups is 1. The van der Waals surface area contributed by atoms with E-state index in [2.05, 4.69) is 10.3 Å². The van der Waals surface area contributed by atoms with Gasteiger partial charge in [-0.2, -0.15) is 0 Å². The van der Waals surface area contributed by atoms with Crippen LogP contribution in [0.3, 0.4) is 0 Å². The van der Waals surface area contributed by atoms with Crippen LogP contribution in [0.1, 0.15) is 31.6 Å². The Morgan fingerprint density at radius 3 is 2.56 bits per heavy atom. The van der Waals surface area contributed by atoms with Gasteiger partial charge in [-0.15, -0.1) is 11.3 Å². The minimum atomic E-state index is -3.67. The lowest BCUT2D eigenvalue weighted by atomic mass is 10.2. The fourth-order valence-electron chi connectivity index (χ4n) is 2.80. The van der Waals surface area contributed by atoms with Crippen molar-refractivity contribution in [3.8, 4) is 0 Å². The number of hydrogen-bond acceptors (Lipinski definition) is 5. The maximum absolute atomic E-state index is 13.4. The van der Waals surface area contributed by atoms with Gasteiger partial charge in [0.15, 0.2) is 9.84 Å². The molecule has 0 aliphatic carbocycles. The topological polar surface area (TPSA) is 76.1 Å². The summed E-state index contributed by atoms with van der Waals surface area (Å²) in [5, 5.41) is 3.75. The highest BCUT2D eigenvalue weighted by Crippen LogP contribution is 2.33. The predicted molar refractivity (Wildman–Crippen MR) is 107 cm³/mol. The van der Waals surface area contributed by atoms with Crippen molar-refractivity contribution in [1.82, 2.24) is 10.3 Å². The van der Waals surface area contributed by atoms with Crippen molar-refractivity contribution < 1.29 is 13.2 Å². The molecule has 0 bridgehead atoms. The second-order valence-corrected chi connectivity index (χ2v) is 9.34. The van der Waals surface area contributed by atoms with Gasteiger partial charge in [0.2, 0.25) is 0 Å². The summed E-state index contributed by atoms with van der Waals surface area (Å²) in [7, 11) is -3.67. The van der Waals surface area contributed by atoms with Gasteiger partial charge in [-0.3, -0.25) is 9.78 Å². The van der Waals surface area contributed by atoms with E-state index in [0.29, 0.717) is 20.9 Å². The summed E-state index contributed by atoms with van der Waals surface area (Å²) >= 11 is 1.37. The molecule has 0 aliphatic heterocycles. The predicted octanol–water partition coefficient (Wildman–Crippen LogP) is 3.70. The molecule has 1 atom stereocenters. The average Bonchev–Trinajstić information content (AvgIpc) is 3.18. The van der Waals surface area contributed by atoms with Crippen LogP contribution in [0.2, 0.25) is 0 Å². The second-order valence-electron chi connectivity index (χ2n) is 6.26. The van der Waals surface area contributed by atoms with Crippen molar-refractivity contribution >= 4 is 27.1 Å². The second kappa shape index (κ2) is 8.02. The number of pyridine rings is 1. The van der Waals surface area contributed by atoms with E-state index in [-0.39, 0.29) is 12.5 Å². The monoisotopic (exact) mass is 400 g/mol. The van der Waals surface area contributed by atoms with Crippen LogP contribution < -0.4 is 5.32 Å². The zero-order chi connectivity index (χ0) is 19.4. The fraction of sp³-hybridized carbons (Fsp3) is 0.200. The quantitative estimate of drug-likeness (QED) is 0.684. The summed E-state index contributed by atoms with van der Waals surface area (Å²) in [6.07, 6.45) is 3.05. The Labute approximate surface area is 163 Å². The fourth-order valence-corrected chi connectivity index (χ4v) is 5.91. The van der Waals surface area contributed by atoms with Gasteiger partial charge in [-0.25, -0.2) is 8.42 Å². The van der Waals surface area contributed by atoms with Crippen molar-refractivity contribution in [1.29, 1.82) is 0 Å². The normalized spacial score (nSPS) is 12.5. The smallest absolute Gasteiger partial charge is 0.251 e. The SMILES string of the molecule is Cc1ccc(C)c(S(=O)(=O)[C@H](CNC(=O)c2ccncc2)c2cccs2)c1. The molecule has 1 amide bonds. The first kappa shape index (κ1) is 19.3. The maximum atomic E-state index is 13.4. The van der Waals surface area contributed by atoms with E-state index in [1.54, 1.807) is 31.2 Å². The number of thiophene rings is 1. The molecule has 1 aromatic carbocycles. The lowest BCUT2D eigenvalue weighted by Crippen LogP contribution is -2.31. The van der Waals surface area contributed by atoms with Gasteiger partial charge in [0, 0.05) is 29.4 Å². The van der Waals surface area contributed by atoms with Crippen LogP contribution in [-0.4, -0.2) is 25.9 Å². The lowest BCUT2D eigenvalue weighted by Gasteiger charge is -2.19. The molecule has 0 spiro atoms. The first-order chi connectivity index (χ1) is 12.9. The first-order valence-corrected chi connectivity index (χ1v) is 10.8. The van der Waals surface area contributed by atoms with E-state index in [9.17, 15) is 13.2 Å². The standard InChI is InChI=1S/C20H20N2O3S2/c1-14-5-6-15(2)18(12-14)27(24,25)19(17-4-3-11-26-17)13-22-20(23)16-7-9-21-10-8-16/h3-12,19H,13H2,1-2H3,(H,22,23)/t19-/m1/s1. The molecule has 5 nitrogen and oxygen atoms in total. The van der Waals surface area contributed by atoms with Gasteiger partial charge >= 0.3 is 0 Å².